The second kappa shape index (κ2) is 5.51. The maximum Gasteiger partial charge on any atom is 0.322 e. The second-order valence-corrected chi connectivity index (χ2v) is 4.42. The Morgan fingerprint density at radius 3 is 2.58 bits per heavy atom. The fourth-order valence-electron chi connectivity index (χ4n) is 1.91. The molecule has 1 heterocycles. The summed E-state index contributed by atoms with van der Waals surface area (Å²) >= 11 is 0. The number of amides is 4. The van der Waals surface area contributed by atoms with Crippen LogP contribution in [0.3, 0.4) is 0 Å². The second-order valence-electron chi connectivity index (χ2n) is 4.42. The molecule has 0 saturated carbocycles. The van der Waals surface area contributed by atoms with Gasteiger partial charge < -0.3 is 10.6 Å². The summed E-state index contributed by atoms with van der Waals surface area (Å²) in [6, 6.07) is 8.02. The monoisotopic (exact) mass is 261 g/mol. The fraction of sp³-hybridized carbons (Fsp3) is 0.308. The minimum absolute atomic E-state index is 0.0608. The number of imide groups is 1. The van der Waals surface area contributed by atoms with E-state index in [0.717, 1.165) is 5.56 Å². The van der Waals surface area contributed by atoms with Gasteiger partial charge in [-0.05, 0) is 12.5 Å². The lowest BCUT2D eigenvalue weighted by atomic mass is 10.1. The summed E-state index contributed by atoms with van der Waals surface area (Å²) in [5, 5.41) is 7.26. The van der Waals surface area contributed by atoms with E-state index in [-0.39, 0.29) is 18.4 Å². The molecule has 100 valence electrons. The van der Waals surface area contributed by atoms with E-state index < -0.39 is 18.0 Å². The van der Waals surface area contributed by atoms with Crippen LogP contribution in [0, 0.1) is 0 Å². The van der Waals surface area contributed by atoms with Crippen LogP contribution in [-0.4, -0.2) is 23.9 Å². The van der Waals surface area contributed by atoms with E-state index >= 15 is 0 Å². The molecule has 0 radical (unpaired) electrons. The third-order valence-corrected chi connectivity index (χ3v) is 2.93. The van der Waals surface area contributed by atoms with Crippen molar-refractivity contribution in [1.29, 1.82) is 0 Å². The molecule has 0 aromatic heterocycles. The number of nitrogens with one attached hydrogen (secondary N) is 3. The number of hydrogen-bond acceptors (Lipinski definition) is 3. The Hall–Kier alpha value is -2.37. The topological polar surface area (TPSA) is 87.3 Å². The van der Waals surface area contributed by atoms with Gasteiger partial charge in [0.25, 0.3) is 5.91 Å². The molecule has 0 unspecified atom stereocenters. The summed E-state index contributed by atoms with van der Waals surface area (Å²) < 4.78 is 0. The van der Waals surface area contributed by atoms with E-state index in [9.17, 15) is 14.4 Å². The van der Waals surface area contributed by atoms with Crippen LogP contribution in [0.5, 0.6) is 0 Å². The molecule has 0 bridgehead atoms. The van der Waals surface area contributed by atoms with Gasteiger partial charge in [-0.15, -0.1) is 0 Å². The van der Waals surface area contributed by atoms with Gasteiger partial charge >= 0.3 is 6.03 Å². The van der Waals surface area contributed by atoms with Crippen molar-refractivity contribution < 1.29 is 14.4 Å². The maximum atomic E-state index is 11.8. The van der Waals surface area contributed by atoms with Gasteiger partial charge in [0.15, 0.2) is 0 Å². The maximum absolute atomic E-state index is 11.8. The van der Waals surface area contributed by atoms with Gasteiger partial charge in [-0.1, -0.05) is 30.3 Å². The number of benzene rings is 1. The Balaban J connectivity index is 1.88. The van der Waals surface area contributed by atoms with Crippen LogP contribution in [0.1, 0.15) is 24.9 Å². The van der Waals surface area contributed by atoms with E-state index in [2.05, 4.69) is 16.0 Å². The van der Waals surface area contributed by atoms with Crippen molar-refractivity contribution >= 4 is 17.8 Å². The molecule has 0 spiro atoms. The first-order chi connectivity index (χ1) is 9.06. The zero-order valence-corrected chi connectivity index (χ0v) is 10.5. The van der Waals surface area contributed by atoms with E-state index in [4.69, 9.17) is 0 Å². The van der Waals surface area contributed by atoms with E-state index in [1.807, 2.05) is 37.3 Å². The first-order valence-electron chi connectivity index (χ1n) is 6.02. The fourth-order valence-corrected chi connectivity index (χ4v) is 1.91. The van der Waals surface area contributed by atoms with Crippen molar-refractivity contribution in [2.75, 3.05) is 0 Å². The average molecular weight is 261 g/mol. The van der Waals surface area contributed by atoms with Crippen LogP contribution < -0.4 is 16.0 Å². The predicted molar refractivity (Wildman–Crippen MR) is 68.1 cm³/mol. The van der Waals surface area contributed by atoms with Gasteiger partial charge in [0.1, 0.15) is 6.04 Å². The first-order valence-corrected chi connectivity index (χ1v) is 6.02. The Bertz CT molecular complexity index is 501. The van der Waals surface area contributed by atoms with Crippen molar-refractivity contribution in [2.24, 2.45) is 0 Å². The molecule has 1 aromatic carbocycles. The highest BCUT2D eigenvalue weighted by Gasteiger charge is 2.31. The molecular weight excluding hydrogens is 246 g/mol. The zero-order chi connectivity index (χ0) is 13.8. The molecule has 1 saturated heterocycles. The predicted octanol–water partition coefficient (Wildman–Crippen LogP) is 0.462. The summed E-state index contributed by atoms with van der Waals surface area (Å²) in [5.41, 5.74) is 0.982. The highest BCUT2D eigenvalue weighted by Crippen LogP contribution is 2.11. The molecule has 1 aliphatic rings. The quantitative estimate of drug-likeness (QED) is 0.688. The smallest absolute Gasteiger partial charge is 0.322 e. The summed E-state index contributed by atoms with van der Waals surface area (Å²) in [7, 11) is 0. The zero-order valence-electron chi connectivity index (χ0n) is 10.5. The SMILES string of the molecule is C[C@@H](NC(=O)C[C@H]1NC(=O)NC1=O)c1ccccc1. The van der Waals surface area contributed by atoms with Crippen molar-refractivity contribution in [3.05, 3.63) is 35.9 Å². The molecule has 4 amide bonds. The van der Waals surface area contributed by atoms with Crippen LogP contribution >= 0.6 is 0 Å². The molecule has 19 heavy (non-hydrogen) atoms. The molecular formula is C13H15N3O3. The van der Waals surface area contributed by atoms with Crippen molar-refractivity contribution in [1.82, 2.24) is 16.0 Å². The van der Waals surface area contributed by atoms with Crippen LogP contribution in [0.2, 0.25) is 0 Å². The molecule has 2 rings (SSSR count). The number of carbonyl (C=O) groups excluding carboxylic acids is 3. The Labute approximate surface area is 110 Å². The van der Waals surface area contributed by atoms with Gasteiger partial charge in [0, 0.05) is 0 Å². The lowest BCUT2D eigenvalue weighted by Gasteiger charge is -2.15. The van der Waals surface area contributed by atoms with Crippen molar-refractivity contribution in [3.8, 4) is 0 Å². The average Bonchev–Trinajstić information content (AvgIpc) is 2.68. The lowest BCUT2D eigenvalue weighted by Crippen LogP contribution is -2.37. The molecule has 3 N–H and O–H groups in total. The summed E-state index contributed by atoms with van der Waals surface area (Å²) in [6.07, 6.45) is -0.0608. The summed E-state index contributed by atoms with van der Waals surface area (Å²) in [4.78, 5) is 34.0. The van der Waals surface area contributed by atoms with Crippen LogP contribution in [0.4, 0.5) is 4.79 Å². The van der Waals surface area contributed by atoms with Gasteiger partial charge in [0.2, 0.25) is 5.91 Å². The highest BCUT2D eigenvalue weighted by atomic mass is 16.2. The number of urea groups is 1. The van der Waals surface area contributed by atoms with Crippen LogP contribution in [0.15, 0.2) is 30.3 Å². The van der Waals surface area contributed by atoms with Crippen LogP contribution in [-0.2, 0) is 9.59 Å². The molecule has 6 heteroatoms. The summed E-state index contributed by atoms with van der Waals surface area (Å²) in [5.74, 6) is -0.744. The lowest BCUT2D eigenvalue weighted by molar-refractivity contribution is -0.126. The molecule has 2 atom stereocenters. The number of rotatable bonds is 4. The van der Waals surface area contributed by atoms with Gasteiger partial charge in [-0.2, -0.15) is 0 Å². The molecule has 1 aliphatic heterocycles. The Kier molecular flexibility index (Phi) is 3.79. The molecule has 1 aromatic rings. The largest absolute Gasteiger partial charge is 0.350 e. The van der Waals surface area contributed by atoms with E-state index in [1.54, 1.807) is 0 Å². The van der Waals surface area contributed by atoms with Gasteiger partial charge in [0.05, 0.1) is 12.5 Å². The number of hydrogen-bond donors (Lipinski definition) is 3. The summed E-state index contributed by atoms with van der Waals surface area (Å²) in [6.45, 7) is 1.86. The Morgan fingerprint density at radius 1 is 1.32 bits per heavy atom. The third kappa shape index (κ3) is 3.31. The third-order valence-electron chi connectivity index (χ3n) is 2.93. The number of carbonyl (C=O) groups is 3. The van der Waals surface area contributed by atoms with E-state index in [0.29, 0.717) is 0 Å². The molecule has 0 aliphatic carbocycles. The normalized spacial score (nSPS) is 19.5. The molecule has 6 nitrogen and oxygen atoms in total. The molecule has 1 fully saturated rings. The van der Waals surface area contributed by atoms with Crippen molar-refractivity contribution in [3.63, 3.8) is 0 Å². The van der Waals surface area contributed by atoms with Crippen LogP contribution in [0.25, 0.3) is 0 Å². The van der Waals surface area contributed by atoms with Gasteiger partial charge in [-0.3, -0.25) is 14.9 Å². The van der Waals surface area contributed by atoms with Gasteiger partial charge in [-0.25, -0.2) is 4.79 Å². The highest BCUT2D eigenvalue weighted by molar-refractivity contribution is 6.05. The minimum atomic E-state index is -0.782. The first kappa shape index (κ1) is 13.1. The van der Waals surface area contributed by atoms with E-state index in [1.165, 1.54) is 0 Å². The van der Waals surface area contributed by atoms with Crippen molar-refractivity contribution in [2.45, 2.75) is 25.4 Å². The minimum Gasteiger partial charge on any atom is -0.350 e. The standard InChI is InChI=1S/C13H15N3O3/c1-8(9-5-3-2-4-6-9)14-11(17)7-10-12(18)16-13(19)15-10/h2-6,8,10H,7H2,1H3,(H,14,17)(H2,15,16,18,19)/t8-,10-/m1/s1. The Morgan fingerprint density at radius 2 is 2.00 bits per heavy atom.